The predicted octanol–water partition coefficient (Wildman–Crippen LogP) is 4.56. The summed E-state index contributed by atoms with van der Waals surface area (Å²) in [6, 6.07) is 13.2. The first-order valence-corrected chi connectivity index (χ1v) is 7.23. The van der Waals surface area contributed by atoms with Gasteiger partial charge in [-0.05, 0) is 54.3 Å². The molecule has 0 atom stereocenters. The lowest BCUT2D eigenvalue weighted by molar-refractivity contribution is 0.102. The predicted molar refractivity (Wildman–Crippen MR) is 85.1 cm³/mol. The summed E-state index contributed by atoms with van der Waals surface area (Å²) in [7, 11) is 1.63. The van der Waals surface area contributed by atoms with Gasteiger partial charge in [0.05, 0.1) is 7.11 Å². The highest BCUT2D eigenvalue weighted by molar-refractivity contribution is 6.32. The number of benzene rings is 2. The molecule has 0 aliphatic heterocycles. The lowest BCUT2D eigenvalue weighted by atomic mass is 9.86. The Morgan fingerprint density at radius 1 is 1.14 bits per heavy atom. The highest BCUT2D eigenvalue weighted by atomic mass is 35.5. The van der Waals surface area contributed by atoms with Gasteiger partial charge in [0.1, 0.15) is 5.75 Å². The number of hydrogen-bond acceptors (Lipinski definition) is 2. The largest absolute Gasteiger partial charge is 0.497 e. The minimum atomic E-state index is 0.0822. The van der Waals surface area contributed by atoms with Crippen LogP contribution in [-0.4, -0.2) is 12.9 Å². The van der Waals surface area contributed by atoms with Gasteiger partial charge in [-0.1, -0.05) is 29.8 Å². The van der Waals surface area contributed by atoms with E-state index in [2.05, 4.69) is 0 Å². The van der Waals surface area contributed by atoms with Crippen LogP contribution in [0.2, 0.25) is 5.02 Å². The smallest absolute Gasteiger partial charge is 0.189 e. The number of hydrogen-bond donors (Lipinski definition) is 0. The molecule has 2 aromatic carbocycles. The van der Waals surface area contributed by atoms with Gasteiger partial charge in [-0.15, -0.1) is 0 Å². The van der Waals surface area contributed by atoms with E-state index >= 15 is 0 Å². The molecule has 1 aliphatic carbocycles. The van der Waals surface area contributed by atoms with Crippen molar-refractivity contribution < 1.29 is 9.53 Å². The van der Waals surface area contributed by atoms with E-state index in [0.29, 0.717) is 5.02 Å². The van der Waals surface area contributed by atoms with Crippen molar-refractivity contribution in [3.63, 3.8) is 0 Å². The normalized spacial score (nSPS) is 15.9. The number of rotatable bonds is 2. The standard InChI is InChI=1S/C18H15ClO2/c1-21-15-8-9-16-12(11-15)6-7-14(18(16)20)10-13-4-2-3-5-17(13)19/h2-5,8-11H,6-7H2,1H3/b14-10+. The van der Waals surface area contributed by atoms with E-state index in [1.165, 1.54) is 0 Å². The van der Waals surface area contributed by atoms with Crippen LogP contribution in [0.15, 0.2) is 48.0 Å². The van der Waals surface area contributed by atoms with Crippen molar-refractivity contribution in [3.8, 4) is 5.75 Å². The molecule has 0 bridgehead atoms. The maximum Gasteiger partial charge on any atom is 0.189 e. The lowest BCUT2D eigenvalue weighted by Crippen LogP contribution is -2.14. The number of aryl methyl sites for hydroxylation is 1. The summed E-state index contributed by atoms with van der Waals surface area (Å²) in [4.78, 5) is 12.6. The third kappa shape index (κ3) is 2.72. The molecule has 0 saturated heterocycles. The van der Waals surface area contributed by atoms with E-state index in [1.54, 1.807) is 7.11 Å². The van der Waals surface area contributed by atoms with Gasteiger partial charge in [-0.25, -0.2) is 0 Å². The molecule has 3 heteroatoms. The fraction of sp³-hybridized carbons (Fsp3) is 0.167. The molecule has 1 aliphatic rings. The molecular formula is C18H15ClO2. The molecule has 0 spiro atoms. The molecule has 0 heterocycles. The van der Waals surface area contributed by atoms with Crippen molar-refractivity contribution in [2.75, 3.05) is 7.11 Å². The zero-order valence-electron chi connectivity index (χ0n) is 11.7. The maximum absolute atomic E-state index is 12.6. The number of ketones is 1. The van der Waals surface area contributed by atoms with Crippen molar-refractivity contribution in [1.29, 1.82) is 0 Å². The summed E-state index contributed by atoms with van der Waals surface area (Å²) < 4.78 is 5.21. The minimum Gasteiger partial charge on any atom is -0.497 e. The lowest BCUT2D eigenvalue weighted by Gasteiger charge is -2.18. The van der Waals surface area contributed by atoms with E-state index in [0.717, 1.165) is 40.9 Å². The molecule has 3 rings (SSSR count). The van der Waals surface area contributed by atoms with Gasteiger partial charge in [0.2, 0.25) is 0 Å². The van der Waals surface area contributed by atoms with E-state index < -0.39 is 0 Å². The molecule has 0 radical (unpaired) electrons. The topological polar surface area (TPSA) is 26.3 Å². The van der Waals surface area contributed by atoms with Crippen molar-refractivity contribution >= 4 is 23.5 Å². The van der Waals surface area contributed by atoms with Gasteiger partial charge < -0.3 is 4.74 Å². The van der Waals surface area contributed by atoms with Gasteiger partial charge in [-0.3, -0.25) is 4.79 Å². The highest BCUT2D eigenvalue weighted by Gasteiger charge is 2.22. The van der Waals surface area contributed by atoms with Crippen LogP contribution in [0.4, 0.5) is 0 Å². The van der Waals surface area contributed by atoms with Crippen molar-refractivity contribution in [1.82, 2.24) is 0 Å². The van der Waals surface area contributed by atoms with Gasteiger partial charge in [-0.2, -0.15) is 0 Å². The van der Waals surface area contributed by atoms with Crippen LogP contribution in [0.25, 0.3) is 6.08 Å². The Morgan fingerprint density at radius 3 is 2.71 bits per heavy atom. The molecule has 0 aromatic heterocycles. The third-order valence-corrected chi connectivity index (χ3v) is 4.09. The molecule has 2 nitrogen and oxygen atoms in total. The fourth-order valence-corrected chi connectivity index (χ4v) is 2.79. The molecule has 2 aromatic rings. The van der Waals surface area contributed by atoms with Crippen LogP contribution in [0.5, 0.6) is 5.75 Å². The Kier molecular flexibility index (Phi) is 3.80. The van der Waals surface area contributed by atoms with E-state index in [-0.39, 0.29) is 5.78 Å². The second-order valence-electron chi connectivity index (χ2n) is 5.04. The number of fused-ring (bicyclic) bond motifs is 1. The average Bonchev–Trinajstić information content (AvgIpc) is 2.51. The summed E-state index contributed by atoms with van der Waals surface area (Å²) in [5.74, 6) is 0.874. The molecular weight excluding hydrogens is 284 g/mol. The van der Waals surface area contributed by atoms with Crippen LogP contribution in [-0.2, 0) is 6.42 Å². The SMILES string of the molecule is COc1ccc2c(c1)CC/C(=C\c1ccccc1Cl)C2=O. The molecule has 0 saturated carbocycles. The van der Waals surface area contributed by atoms with Crippen LogP contribution < -0.4 is 4.74 Å². The molecule has 0 N–H and O–H groups in total. The van der Waals surface area contributed by atoms with E-state index in [1.807, 2.05) is 48.5 Å². The monoisotopic (exact) mass is 298 g/mol. The van der Waals surface area contributed by atoms with Crippen molar-refractivity contribution in [2.24, 2.45) is 0 Å². The van der Waals surface area contributed by atoms with Crippen molar-refractivity contribution in [3.05, 3.63) is 69.8 Å². The first-order valence-electron chi connectivity index (χ1n) is 6.86. The summed E-state index contributed by atoms with van der Waals surface area (Å²) in [5.41, 5.74) is 3.51. The Bertz CT molecular complexity index is 732. The van der Waals surface area contributed by atoms with Crippen LogP contribution in [0, 0.1) is 0 Å². The second-order valence-corrected chi connectivity index (χ2v) is 5.45. The number of carbonyl (C=O) groups excluding carboxylic acids is 1. The van der Waals surface area contributed by atoms with Crippen LogP contribution in [0.3, 0.4) is 0 Å². The highest BCUT2D eigenvalue weighted by Crippen LogP contribution is 2.30. The fourth-order valence-electron chi connectivity index (χ4n) is 2.60. The Labute approximate surface area is 129 Å². The first kappa shape index (κ1) is 13.9. The molecule has 106 valence electrons. The Morgan fingerprint density at radius 2 is 1.95 bits per heavy atom. The molecule has 0 unspecified atom stereocenters. The molecule has 0 fully saturated rings. The number of Topliss-reactive ketones (excluding diaryl/α,β-unsaturated/α-hetero) is 1. The van der Waals surface area contributed by atoms with Gasteiger partial charge in [0, 0.05) is 16.2 Å². The zero-order valence-corrected chi connectivity index (χ0v) is 12.5. The molecule has 21 heavy (non-hydrogen) atoms. The van der Waals surface area contributed by atoms with Crippen LogP contribution in [0.1, 0.15) is 27.9 Å². The second kappa shape index (κ2) is 5.74. The number of allylic oxidation sites excluding steroid dienone is 1. The Hall–Kier alpha value is -2.06. The summed E-state index contributed by atoms with van der Waals surface area (Å²) in [5, 5.41) is 0.665. The van der Waals surface area contributed by atoms with Gasteiger partial charge >= 0.3 is 0 Å². The minimum absolute atomic E-state index is 0.0822. The number of carbonyl (C=O) groups is 1. The first-order chi connectivity index (χ1) is 10.2. The zero-order chi connectivity index (χ0) is 14.8. The Balaban J connectivity index is 1.98. The van der Waals surface area contributed by atoms with E-state index in [4.69, 9.17) is 16.3 Å². The van der Waals surface area contributed by atoms with Crippen LogP contribution >= 0.6 is 11.6 Å². The maximum atomic E-state index is 12.6. The summed E-state index contributed by atoms with van der Waals surface area (Å²) in [6.45, 7) is 0. The number of methoxy groups -OCH3 is 1. The average molecular weight is 299 g/mol. The van der Waals surface area contributed by atoms with Gasteiger partial charge in [0.25, 0.3) is 0 Å². The van der Waals surface area contributed by atoms with E-state index in [9.17, 15) is 4.79 Å². The van der Waals surface area contributed by atoms with Gasteiger partial charge in [0.15, 0.2) is 5.78 Å². The number of ether oxygens (including phenoxy) is 1. The third-order valence-electron chi connectivity index (χ3n) is 3.75. The number of halogens is 1. The quantitative estimate of drug-likeness (QED) is 0.760. The van der Waals surface area contributed by atoms with Crippen molar-refractivity contribution in [2.45, 2.75) is 12.8 Å². The summed E-state index contributed by atoms with van der Waals surface area (Å²) >= 11 is 6.16. The molecule has 0 amide bonds. The summed E-state index contributed by atoms with van der Waals surface area (Å²) in [6.07, 6.45) is 3.47.